The highest BCUT2D eigenvalue weighted by Gasteiger charge is 2.17. The molecule has 0 aliphatic carbocycles. The van der Waals surface area contributed by atoms with Crippen LogP contribution in [0.1, 0.15) is 5.56 Å². The number of carbonyl (C=O) groups is 1. The van der Waals surface area contributed by atoms with E-state index in [0.29, 0.717) is 5.75 Å². The Kier molecular flexibility index (Phi) is 5.97. The normalized spacial score (nSPS) is 11.4. The molecule has 1 heterocycles. The Bertz CT molecular complexity index is 649. The minimum absolute atomic E-state index is 0.386. The van der Waals surface area contributed by atoms with E-state index in [1.54, 1.807) is 12.1 Å². The van der Waals surface area contributed by atoms with Crippen LogP contribution in [0.2, 0.25) is 0 Å². The molecule has 2 rings (SSSR count). The summed E-state index contributed by atoms with van der Waals surface area (Å²) in [6.45, 7) is -0.0646. The smallest absolute Gasteiger partial charge is 0.426 e. The maximum Gasteiger partial charge on any atom is 0.514 e. The van der Waals surface area contributed by atoms with Gasteiger partial charge in [-0.2, -0.15) is 0 Å². The Balaban J connectivity index is 2.19. The highest BCUT2D eigenvalue weighted by molar-refractivity contribution is 5.90. The van der Waals surface area contributed by atoms with E-state index in [0.717, 1.165) is 29.4 Å². The van der Waals surface area contributed by atoms with Crippen LogP contribution in [0.5, 0.6) is 5.75 Å². The highest BCUT2D eigenvalue weighted by Crippen LogP contribution is 2.29. The van der Waals surface area contributed by atoms with Gasteiger partial charge in [0.15, 0.2) is 6.10 Å². The fourth-order valence-corrected chi connectivity index (χ4v) is 2.23. The molecule has 7 nitrogen and oxygen atoms in total. The Morgan fingerprint density at radius 2 is 2.04 bits per heavy atom. The number of benzene rings is 1. The van der Waals surface area contributed by atoms with Gasteiger partial charge in [-0.05, 0) is 38.2 Å². The van der Waals surface area contributed by atoms with E-state index in [9.17, 15) is 4.79 Å². The number of hydrogen-bond donors (Lipinski definition) is 3. The number of carbonyl (C=O) groups excluding carboxylic acids is 1. The molecule has 0 bridgehead atoms. The second-order valence-corrected chi connectivity index (χ2v) is 5.50. The largest absolute Gasteiger partial charge is 0.514 e. The number of aliphatic hydroxyl groups is 2. The Morgan fingerprint density at radius 3 is 2.70 bits per heavy atom. The Labute approximate surface area is 134 Å². The van der Waals surface area contributed by atoms with E-state index >= 15 is 0 Å². The maximum absolute atomic E-state index is 11.8. The predicted octanol–water partition coefficient (Wildman–Crippen LogP) is 1.14. The Morgan fingerprint density at radius 1 is 1.30 bits per heavy atom. The van der Waals surface area contributed by atoms with Crippen LogP contribution >= 0.6 is 0 Å². The molecule has 7 heteroatoms. The van der Waals surface area contributed by atoms with Gasteiger partial charge in [0.1, 0.15) is 5.75 Å². The van der Waals surface area contributed by atoms with Crippen molar-refractivity contribution >= 4 is 17.1 Å². The summed E-state index contributed by atoms with van der Waals surface area (Å²) in [7, 11) is 3.99. The number of nitrogens with one attached hydrogen (secondary N) is 1. The third-order valence-electron chi connectivity index (χ3n) is 3.44. The number of ether oxygens (including phenoxy) is 2. The van der Waals surface area contributed by atoms with Gasteiger partial charge in [0.05, 0.1) is 13.2 Å². The van der Waals surface area contributed by atoms with Gasteiger partial charge >= 0.3 is 6.16 Å². The lowest BCUT2D eigenvalue weighted by Crippen LogP contribution is -2.27. The van der Waals surface area contributed by atoms with Crippen molar-refractivity contribution < 1.29 is 24.5 Å². The summed E-state index contributed by atoms with van der Waals surface area (Å²) in [5.74, 6) is 0.386. The molecular weight excluding hydrogens is 300 g/mol. The molecule has 0 aliphatic heterocycles. The zero-order valence-electron chi connectivity index (χ0n) is 13.3. The molecule has 23 heavy (non-hydrogen) atoms. The summed E-state index contributed by atoms with van der Waals surface area (Å²) in [4.78, 5) is 17.0. The molecule has 1 aromatic heterocycles. The van der Waals surface area contributed by atoms with Crippen molar-refractivity contribution in [2.45, 2.75) is 12.5 Å². The SMILES string of the molecule is CN(C)CCc1c[nH]c2cccc(OC(=O)OC(CO)CO)c12. The minimum atomic E-state index is -0.985. The fraction of sp³-hybridized carbons (Fsp3) is 0.438. The average Bonchev–Trinajstić information content (AvgIpc) is 2.95. The Hall–Kier alpha value is -2.09. The number of aromatic nitrogens is 1. The van der Waals surface area contributed by atoms with Gasteiger partial charge in [0.25, 0.3) is 0 Å². The molecule has 126 valence electrons. The summed E-state index contributed by atoms with van der Waals surface area (Å²) < 4.78 is 10.1. The van der Waals surface area contributed by atoms with Crippen LogP contribution in [0.3, 0.4) is 0 Å². The molecule has 0 spiro atoms. The first-order valence-corrected chi connectivity index (χ1v) is 7.39. The van der Waals surface area contributed by atoms with Crippen LogP contribution < -0.4 is 4.74 Å². The van der Waals surface area contributed by atoms with Gasteiger partial charge in [-0.3, -0.25) is 0 Å². The van der Waals surface area contributed by atoms with Crippen LogP contribution in [-0.2, 0) is 11.2 Å². The van der Waals surface area contributed by atoms with Crippen molar-refractivity contribution in [1.82, 2.24) is 9.88 Å². The lowest BCUT2D eigenvalue weighted by atomic mass is 10.1. The van der Waals surface area contributed by atoms with Crippen molar-refractivity contribution in [2.75, 3.05) is 33.9 Å². The first kappa shape index (κ1) is 17.3. The summed E-state index contributed by atoms with van der Waals surface area (Å²) in [6, 6.07) is 5.35. The molecule has 1 aromatic carbocycles. The van der Waals surface area contributed by atoms with Crippen molar-refractivity contribution in [1.29, 1.82) is 0 Å². The molecule has 0 aliphatic rings. The predicted molar refractivity (Wildman–Crippen MR) is 85.6 cm³/mol. The van der Waals surface area contributed by atoms with E-state index in [-0.39, 0.29) is 0 Å². The molecule has 0 saturated carbocycles. The van der Waals surface area contributed by atoms with Crippen molar-refractivity contribution in [3.8, 4) is 5.75 Å². The van der Waals surface area contributed by atoms with Crippen LogP contribution in [-0.4, -0.2) is 66.2 Å². The summed E-state index contributed by atoms with van der Waals surface area (Å²) in [5.41, 5.74) is 1.91. The number of nitrogens with zero attached hydrogens (tertiary/aromatic N) is 1. The van der Waals surface area contributed by atoms with E-state index in [2.05, 4.69) is 9.88 Å². The van der Waals surface area contributed by atoms with E-state index < -0.39 is 25.5 Å². The lowest BCUT2D eigenvalue weighted by Gasteiger charge is -2.13. The zero-order valence-corrected chi connectivity index (χ0v) is 13.3. The molecule has 0 radical (unpaired) electrons. The molecule has 0 fully saturated rings. The van der Waals surface area contributed by atoms with E-state index in [1.807, 2.05) is 26.4 Å². The lowest BCUT2D eigenvalue weighted by molar-refractivity contribution is 0.00147. The van der Waals surface area contributed by atoms with Crippen molar-refractivity contribution in [3.63, 3.8) is 0 Å². The third kappa shape index (κ3) is 4.44. The van der Waals surface area contributed by atoms with Crippen molar-refractivity contribution in [3.05, 3.63) is 30.0 Å². The number of aliphatic hydroxyl groups excluding tert-OH is 2. The molecule has 0 atom stereocenters. The first-order valence-electron chi connectivity index (χ1n) is 7.39. The molecule has 0 saturated heterocycles. The summed E-state index contributed by atoms with van der Waals surface area (Å²) in [5, 5.41) is 18.7. The quantitative estimate of drug-likeness (QED) is 0.523. The number of aromatic amines is 1. The maximum atomic E-state index is 11.8. The number of fused-ring (bicyclic) bond motifs is 1. The van der Waals surface area contributed by atoms with Gasteiger partial charge < -0.3 is 29.6 Å². The molecule has 0 unspecified atom stereocenters. The molecule has 2 aromatic rings. The van der Waals surface area contributed by atoms with Gasteiger partial charge in [0, 0.05) is 23.6 Å². The van der Waals surface area contributed by atoms with Gasteiger partial charge in [-0.15, -0.1) is 0 Å². The molecule has 3 N–H and O–H groups in total. The topological polar surface area (TPSA) is 95.0 Å². The van der Waals surface area contributed by atoms with Crippen LogP contribution in [0.15, 0.2) is 24.4 Å². The monoisotopic (exact) mass is 322 g/mol. The minimum Gasteiger partial charge on any atom is -0.426 e. The van der Waals surface area contributed by atoms with Crippen LogP contribution in [0.4, 0.5) is 4.79 Å². The first-order chi connectivity index (χ1) is 11.0. The number of rotatable bonds is 7. The second-order valence-electron chi connectivity index (χ2n) is 5.50. The van der Waals surface area contributed by atoms with Crippen LogP contribution in [0, 0.1) is 0 Å². The number of likely N-dealkylation sites (N-methyl/N-ethyl adjacent to an activating group) is 1. The average molecular weight is 322 g/mol. The van der Waals surface area contributed by atoms with Gasteiger partial charge in [0.2, 0.25) is 0 Å². The summed E-state index contributed by atoms with van der Waals surface area (Å²) in [6.07, 6.45) is 0.765. The second kappa shape index (κ2) is 7.96. The van der Waals surface area contributed by atoms with E-state index in [4.69, 9.17) is 19.7 Å². The number of H-pyrrole nitrogens is 1. The molecular formula is C16H22N2O5. The van der Waals surface area contributed by atoms with E-state index in [1.165, 1.54) is 0 Å². The molecule has 0 amide bonds. The summed E-state index contributed by atoms with van der Waals surface area (Å²) >= 11 is 0. The third-order valence-corrected chi connectivity index (χ3v) is 3.44. The van der Waals surface area contributed by atoms with Crippen molar-refractivity contribution in [2.24, 2.45) is 0 Å². The zero-order chi connectivity index (χ0) is 16.8. The van der Waals surface area contributed by atoms with Gasteiger partial charge in [-0.25, -0.2) is 4.79 Å². The van der Waals surface area contributed by atoms with Crippen LogP contribution in [0.25, 0.3) is 10.9 Å². The fourth-order valence-electron chi connectivity index (χ4n) is 2.23. The number of hydrogen-bond acceptors (Lipinski definition) is 6. The van der Waals surface area contributed by atoms with Gasteiger partial charge in [-0.1, -0.05) is 6.07 Å². The highest BCUT2D eigenvalue weighted by atomic mass is 16.7. The standard InChI is InChI=1S/C16H22N2O5/c1-18(2)7-6-11-8-17-13-4-3-5-14(15(11)13)23-16(21)22-12(9-19)10-20/h3-5,8,12,17,19-20H,6-7,9-10H2,1-2H3.